The van der Waals surface area contributed by atoms with Gasteiger partial charge < -0.3 is 5.11 Å². The van der Waals surface area contributed by atoms with Crippen LogP contribution < -0.4 is 0 Å². The zero-order valence-electron chi connectivity index (χ0n) is 7.76. The summed E-state index contributed by atoms with van der Waals surface area (Å²) in [6.45, 7) is -0.527. The van der Waals surface area contributed by atoms with E-state index in [1.54, 1.807) is 0 Å². The second-order valence-electron chi connectivity index (χ2n) is 1.67. The summed E-state index contributed by atoms with van der Waals surface area (Å²) in [5.74, 6) is 0.114. The highest BCUT2D eigenvalue weighted by Gasteiger charge is 1.84. The molecule has 0 aliphatic rings. The van der Waals surface area contributed by atoms with Crippen molar-refractivity contribution in [2.45, 2.75) is 0 Å². The minimum absolute atomic E-state index is 0.114. The zero-order valence-corrected chi connectivity index (χ0v) is 4.76. The lowest BCUT2D eigenvalue weighted by molar-refractivity contribution is 0.475. The fourth-order valence-electron chi connectivity index (χ4n) is 0.545. The molecule has 1 rings (SSSR count). The fourth-order valence-corrected chi connectivity index (χ4v) is 0.545. The molecule has 0 spiro atoms. The summed E-state index contributed by atoms with van der Waals surface area (Å²) >= 11 is 0. The molecule has 1 N–H and O–H groups in total. The number of benzene rings is 1. The Kier molecular flexibility index (Phi) is 0.801. The van der Waals surface area contributed by atoms with Crippen molar-refractivity contribution in [3.05, 3.63) is 36.4 Å². The number of aromatic hydroxyl groups is 1. The zero-order chi connectivity index (χ0) is 9.14. The largest absolute Gasteiger partial charge is 0.508 e. The third-order valence-electron chi connectivity index (χ3n) is 1.01. The first-order valence-corrected chi connectivity index (χ1v) is 2.54. The van der Waals surface area contributed by atoms with E-state index in [0.717, 1.165) is 0 Å². The van der Waals surface area contributed by atoms with Crippen LogP contribution in [0.15, 0.2) is 30.8 Å². The minimum Gasteiger partial charge on any atom is -0.508 e. The van der Waals surface area contributed by atoms with Gasteiger partial charge >= 0.3 is 0 Å². The van der Waals surface area contributed by atoms with Gasteiger partial charge in [0.2, 0.25) is 0 Å². The lowest BCUT2D eigenvalue weighted by Gasteiger charge is -1.90. The summed E-state index contributed by atoms with van der Waals surface area (Å²) in [4.78, 5) is 0. The molecule has 1 aromatic rings. The molecule has 0 aliphatic heterocycles. The molecule has 1 nitrogen and oxygen atoms in total. The SMILES string of the molecule is [2H]C([2H])=C([2H])c1ccc(O)cc1. The topological polar surface area (TPSA) is 20.2 Å². The predicted molar refractivity (Wildman–Crippen MR) is 38.2 cm³/mol. The van der Waals surface area contributed by atoms with Crippen molar-refractivity contribution in [3.8, 4) is 5.75 Å². The minimum atomic E-state index is -0.527. The van der Waals surface area contributed by atoms with E-state index in [4.69, 9.17) is 9.22 Å². The van der Waals surface area contributed by atoms with E-state index in [1.165, 1.54) is 24.3 Å². The normalized spacial score (nSPS) is 13.1. The fraction of sp³-hybridized carbons (Fsp3) is 0. The van der Waals surface area contributed by atoms with Gasteiger partial charge in [0.15, 0.2) is 0 Å². The van der Waals surface area contributed by atoms with Crippen LogP contribution in [0.2, 0.25) is 0 Å². The van der Waals surface area contributed by atoms with Crippen molar-refractivity contribution in [2.75, 3.05) is 0 Å². The van der Waals surface area contributed by atoms with Crippen LogP contribution in [0.1, 0.15) is 9.68 Å². The predicted octanol–water partition coefficient (Wildman–Crippen LogP) is 2.04. The average molecular weight is 123 g/mol. The first-order valence-electron chi connectivity index (χ1n) is 4.04. The van der Waals surface area contributed by atoms with E-state index >= 15 is 0 Å². The van der Waals surface area contributed by atoms with Crippen molar-refractivity contribution < 1.29 is 9.22 Å². The monoisotopic (exact) mass is 123 g/mol. The van der Waals surface area contributed by atoms with Crippen LogP contribution in [0.25, 0.3) is 6.05 Å². The van der Waals surface area contributed by atoms with E-state index in [9.17, 15) is 0 Å². The third kappa shape index (κ3) is 1.32. The Balaban J connectivity index is 3.06. The molecule has 0 saturated heterocycles. The van der Waals surface area contributed by atoms with E-state index in [-0.39, 0.29) is 11.8 Å². The van der Waals surface area contributed by atoms with Crippen LogP contribution in [0.5, 0.6) is 5.75 Å². The molecule has 0 unspecified atom stereocenters. The van der Waals surface area contributed by atoms with Gasteiger partial charge in [0.05, 0.1) is 4.11 Å². The highest BCUT2D eigenvalue weighted by molar-refractivity contribution is 5.47. The van der Waals surface area contributed by atoms with Crippen LogP contribution in [-0.4, -0.2) is 5.11 Å². The molecule has 0 amide bonds. The van der Waals surface area contributed by atoms with Crippen LogP contribution in [0, 0.1) is 0 Å². The van der Waals surface area contributed by atoms with E-state index in [2.05, 4.69) is 0 Å². The van der Waals surface area contributed by atoms with Gasteiger partial charge in [-0.05, 0) is 17.7 Å². The third-order valence-corrected chi connectivity index (χ3v) is 1.01. The number of hydrogen-bond acceptors (Lipinski definition) is 1. The molecule has 0 aromatic heterocycles. The number of hydrogen-bond donors (Lipinski definition) is 1. The van der Waals surface area contributed by atoms with Crippen molar-refractivity contribution in [1.29, 1.82) is 0 Å². The molecule has 1 heteroatoms. The van der Waals surface area contributed by atoms with Crippen molar-refractivity contribution in [2.24, 2.45) is 0 Å². The van der Waals surface area contributed by atoms with E-state index < -0.39 is 6.53 Å². The molecule has 0 aliphatic carbocycles. The van der Waals surface area contributed by atoms with E-state index in [1.807, 2.05) is 0 Å². The first kappa shape index (κ1) is 3.06. The Hall–Kier alpha value is -1.24. The highest BCUT2D eigenvalue weighted by Crippen LogP contribution is 2.09. The van der Waals surface area contributed by atoms with Gasteiger partial charge in [0, 0.05) is 0 Å². The lowest BCUT2D eigenvalue weighted by atomic mass is 10.2. The standard InChI is InChI=1S/C8H8O/c1-2-7-3-5-8(9)6-4-7/h2-6,9H,1H2/i1D2,2D. The molecule has 0 fully saturated rings. The Morgan fingerprint density at radius 2 is 2.22 bits per heavy atom. The van der Waals surface area contributed by atoms with Crippen LogP contribution >= 0.6 is 0 Å². The molecule has 9 heavy (non-hydrogen) atoms. The molecule has 1 aromatic carbocycles. The van der Waals surface area contributed by atoms with Gasteiger partial charge in [0.1, 0.15) is 5.75 Å². The molecule has 0 atom stereocenters. The second kappa shape index (κ2) is 2.35. The van der Waals surface area contributed by atoms with Crippen LogP contribution in [0.4, 0.5) is 0 Å². The van der Waals surface area contributed by atoms with Gasteiger partial charge in [-0.2, -0.15) is 0 Å². The second-order valence-corrected chi connectivity index (χ2v) is 1.67. The molecule has 46 valence electrons. The Labute approximate surface area is 58.5 Å². The smallest absolute Gasteiger partial charge is 0.115 e. The number of phenolic OH excluding ortho intramolecular Hbond substituents is 1. The summed E-state index contributed by atoms with van der Waals surface area (Å²) in [7, 11) is 0. The van der Waals surface area contributed by atoms with Crippen molar-refractivity contribution in [1.82, 2.24) is 0 Å². The number of rotatable bonds is 1. The lowest BCUT2D eigenvalue weighted by Crippen LogP contribution is -1.67. The molecule has 0 heterocycles. The number of phenols is 1. The maximum Gasteiger partial charge on any atom is 0.115 e. The van der Waals surface area contributed by atoms with E-state index in [0.29, 0.717) is 5.56 Å². The van der Waals surface area contributed by atoms with Crippen LogP contribution in [0.3, 0.4) is 0 Å². The summed E-state index contributed by atoms with van der Waals surface area (Å²) in [6, 6.07) is 5.70. The molecular weight excluding hydrogens is 112 g/mol. The van der Waals surface area contributed by atoms with Crippen molar-refractivity contribution >= 4 is 6.05 Å². The first-order chi connectivity index (χ1) is 5.61. The highest BCUT2D eigenvalue weighted by atomic mass is 16.3. The van der Waals surface area contributed by atoms with Crippen LogP contribution in [-0.2, 0) is 0 Å². The Bertz CT molecular complexity index is 299. The van der Waals surface area contributed by atoms with Gasteiger partial charge in [-0.3, -0.25) is 0 Å². The summed E-state index contributed by atoms with van der Waals surface area (Å²) in [5, 5.41) is 8.91. The quantitative estimate of drug-likeness (QED) is 0.605. The molecule has 0 radical (unpaired) electrons. The average Bonchev–Trinajstić information content (AvgIpc) is 2.04. The molecular formula is C8H8O. The summed E-state index contributed by atoms with van der Waals surface area (Å²) in [5.41, 5.74) is 0.466. The van der Waals surface area contributed by atoms with Crippen molar-refractivity contribution in [3.63, 3.8) is 0 Å². The summed E-state index contributed by atoms with van der Waals surface area (Å²) in [6.07, 6.45) is 0. The molecule has 0 saturated carbocycles. The maximum absolute atomic E-state index is 8.91. The Morgan fingerprint density at radius 1 is 1.56 bits per heavy atom. The Morgan fingerprint density at radius 3 is 2.78 bits per heavy atom. The summed E-state index contributed by atoms with van der Waals surface area (Å²) < 4.78 is 21.0. The maximum atomic E-state index is 8.91. The molecule has 0 bridgehead atoms. The van der Waals surface area contributed by atoms with Gasteiger partial charge in [-0.1, -0.05) is 24.7 Å². The van der Waals surface area contributed by atoms with Gasteiger partial charge in [-0.15, -0.1) is 0 Å². The van der Waals surface area contributed by atoms with Gasteiger partial charge in [0.25, 0.3) is 0 Å². The van der Waals surface area contributed by atoms with Gasteiger partial charge in [-0.25, -0.2) is 0 Å².